The van der Waals surface area contributed by atoms with Crippen LogP contribution in [0.4, 0.5) is 4.39 Å². The normalized spacial score (nSPS) is 17.1. The van der Waals surface area contributed by atoms with Crippen LogP contribution in [-0.4, -0.2) is 30.7 Å². The van der Waals surface area contributed by atoms with Crippen LogP contribution in [0.15, 0.2) is 24.3 Å². The molecule has 0 unspecified atom stereocenters. The van der Waals surface area contributed by atoms with Gasteiger partial charge in [-0.1, -0.05) is 18.2 Å². The quantitative estimate of drug-likeness (QED) is 0.750. The molecule has 0 aromatic heterocycles. The molecule has 2 nitrogen and oxygen atoms in total. The van der Waals surface area contributed by atoms with Crippen LogP contribution < -0.4 is 0 Å². The van der Waals surface area contributed by atoms with Gasteiger partial charge >= 0.3 is 0 Å². The lowest BCUT2D eigenvalue weighted by Crippen LogP contribution is -2.48. The summed E-state index contributed by atoms with van der Waals surface area (Å²) in [7, 11) is 0. The Morgan fingerprint density at radius 1 is 1.40 bits per heavy atom. The van der Waals surface area contributed by atoms with E-state index < -0.39 is 6.17 Å². The maximum absolute atomic E-state index is 12.5. The predicted octanol–water partition coefficient (Wildman–Crippen LogP) is 1.75. The van der Waals surface area contributed by atoms with E-state index in [1.165, 1.54) is 0 Å². The Hall–Kier alpha value is -1.40. The molecule has 1 aromatic carbocycles. The molecule has 1 heterocycles. The Balaban J connectivity index is 1.91. The van der Waals surface area contributed by atoms with Crippen LogP contribution in [-0.2, 0) is 6.42 Å². The zero-order valence-corrected chi connectivity index (χ0v) is 8.49. The van der Waals surface area contributed by atoms with Crippen LogP contribution in [0.3, 0.4) is 0 Å². The molecule has 0 bridgehead atoms. The molecule has 78 valence electrons. The topological polar surface area (TPSA) is 27.0 Å². The highest BCUT2D eigenvalue weighted by Crippen LogP contribution is 2.14. The van der Waals surface area contributed by atoms with E-state index in [9.17, 15) is 4.39 Å². The van der Waals surface area contributed by atoms with Crippen LogP contribution in [0, 0.1) is 11.3 Å². The van der Waals surface area contributed by atoms with Crippen LogP contribution in [0.2, 0.25) is 0 Å². The minimum atomic E-state index is -0.642. The number of benzene rings is 1. The Bertz CT molecular complexity index is 377. The van der Waals surface area contributed by atoms with E-state index in [2.05, 4.69) is 11.0 Å². The molecule has 2 rings (SSSR count). The maximum atomic E-state index is 12.5. The Morgan fingerprint density at radius 2 is 2.13 bits per heavy atom. The molecule has 1 saturated heterocycles. The molecular formula is C12H13FN2. The summed E-state index contributed by atoms with van der Waals surface area (Å²) in [5.74, 6) is 0. The molecule has 0 aliphatic carbocycles. The van der Waals surface area contributed by atoms with Crippen LogP contribution in [0.25, 0.3) is 0 Å². The summed E-state index contributed by atoms with van der Waals surface area (Å²) in [5, 5.41) is 8.87. The average Bonchev–Trinajstić information content (AvgIpc) is 2.23. The molecule has 0 saturated carbocycles. The summed E-state index contributed by atoms with van der Waals surface area (Å²) in [6, 6.07) is 9.76. The van der Waals surface area contributed by atoms with Gasteiger partial charge in [0.2, 0.25) is 0 Å². The lowest BCUT2D eigenvalue weighted by molar-refractivity contribution is 0.0670. The van der Waals surface area contributed by atoms with Gasteiger partial charge in [0, 0.05) is 19.6 Å². The van der Waals surface area contributed by atoms with Crippen molar-refractivity contribution >= 4 is 0 Å². The number of rotatable bonds is 3. The van der Waals surface area contributed by atoms with Crippen LogP contribution in [0.1, 0.15) is 11.1 Å². The van der Waals surface area contributed by atoms with Crippen LogP contribution in [0.5, 0.6) is 0 Å². The molecule has 15 heavy (non-hydrogen) atoms. The van der Waals surface area contributed by atoms with Crippen molar-refractivity contribution in [3.63, 3.8) is 0 Å². The van der Waals surface area contributed by atoms with Gasteiger partial charge in [0.25, 0.3) is 0 Å². The first-order chi connectivity index (χ1) is 7.29. The first-order valence-corrected chi connectivity index (χ1v) is 5.14. The van der Waals surface area contributed by atoms with Gasteiger partial charge in [-0.15, -0.1) is 0 Å². The number of hydrogen-bond donors (Lipinski definition) is 0. The van der Waals surface area contributed by atoms with Crippen molar-refractivity contribution in [2.45, 2.75) is 12.6 Å². The fraction of sp³-hybridized carbons (Fsp3) is 0.417. The van der Waals surface area contributed by atoms with Gasteiger partial charge in [0.05, 0.1) is 11.6 Å². The van der Waals surface area contributed by atoms with E-state index in [1.807, 2.05) is 24.3 Å². The lowest BCUT2D eigenvalue weighted by Gasteiger charge is -2.34. The number of nitrogens with zero attached hydrogens (tertiary/aromatic N) is 2. The Morgan fingerprint density at radius 3 is 2.80 bits per heavy atom. The smallest absolute Gasteiger partial charge is 0.125 e. The molecular weight excluding hydrogens is 191 g/mol. The minimum Gasteiger partial charge on any atom is -0.297 e. The summed E-state index contributed by atoms with van der Waals surface area (Å²) < 4.78 is 12.5. The van der Waals surface area contributed by atoms with Crippen molar-refractivity contribution in [3.05, 3.63) is 35.4 Å². The minimum absolute atomic E-state index is 0.550. The van der Waals surface area contributed by atoms with Gasteiger partial charge in [-0.2, -0.15) is 5.26 Å². The second-order valence-electron chi connectivity index (χ2n) is 3.88. The van der Waals surface area contributed by atoms with E-state index in [0.29, 0.717) is 13.1 Å². The van der Waals surface area contributed by atoms with E-state index in [1.54, 1.807) is 0 Å². The molecule has 1 aliphatic heterocycles. The average molecular weight is 204 g/mol. The second-order valence-corrected chi connectivity index (χ2v) is 3.88. The number of alkyl halides is 1. The first-order valence-electron chi connectivity index (χ1n) is 5.14. The fourth-order valence-electron chi connectivity index (χ4n) is 1.82. The number of hydrogen-bond acceptors (Lipinski definition) is 2. The summed E-state index contributed by atoms with van der Waals surface area (Å²) in [6.07, 6.45) is 0.187. The Kier molecular flexibility index (Phi) is 2.98. The molecule has 0 atom stereocenters. The van der Waals surface area contributed by atoms with Gasteiger partial charge < -0.3 is 0 Å². The molecule has 1 fully saturated rings. The van der Waals surface area contributed by atoms with Gasteiger partial charge in [0.15, 0.2) is 0 Å². The van der Waals surface area contributed by atoms with E-state index in [0.717, 1.165) is 24.1 Å². The second kappa shape index (κ2) is 4.41. The first kappa shape index (κ1) is 10.1. The molecule has 3 heteroatoms. The molecule has 0 amide bonds. The standard InChI is InChI=1S/C12H13FN2/c13-12-8-15(9-12)6-5-10-3-1-2-4-11(10)7-14/h1-4,12H,5-6,8-9H2. The van der Waals surface area contributed by atoms with Crippen LogP contribution >= 0.6 is 0 Å². The third kappa shape index (κ3) is 2.34. The van der Waals surface area contributed by atoms with Crippen molar-refractivity contribution in [2.24, 2.45) is 0 Å². The van der Waals surface area contributed by atoms with Gasteiger partial charge in [-0.05, 0) is 18.1 Å². The molecule has 0 radical (unpaired) electrons. The number of halogens is 1. The Labute approximate surface area is 88.9 Å². The maximum Gasteiger partial charge on any atom is 0.125 e. The van der Waals surface area contributed by atoms with Crippen molar-refractivity contribution in [1.82, 2.24) is 4.90 Å². The molecule has 0 spiro atoms. The summed E-state index contributed by atoms with van der Waals surface area (Å²) in [6.45, 7) is 1.95. The summed E-state index contributed by atoms with van der Waals surface area (Å²) in [5.41, 5.74) is 1.79. The number of nitriles is 1. The summed E-state index contributed by atoms with van der Waals surface area (Å²) >= 11 is 0. The highest BCUT2D eigenvalue weighted by Gasteiger charge is 2.25. The third-order valence-electron chi connectivity index (χ3n) is 2.75. The number of likely N-dealkylation sites (tertiary alicyclic amines) is 1. The van der Waals surface area contributed by atoms with Gasteiger partial charge in [-0.25, -0.2) is 4.39 Å². The molecule has 0 N–H and O–H groups in total. The van der Waals surface area contributed by atoms with Crippen molar-refractivity contribution < 1.29 is 4.39 Å². The fourth-order valence-corrected chi connectivity index (χ4v) is 1.82. The highest BCUT2D eigenvalue weighted by atomic mass is 19.1. The van der Waals surface area contributed by atoms with Gasteiger partial charge in [-0.3, -0.25) is 4.90 Å². The molecule has 1 aliphatic rings. The van der Waals surface area contributed by atoms with Crippen molar-refractivity contribution in [3.8, 4) is 6.07 Å². The third-order valence-corrected chi connectivity index (χ3v) is 2.75. The highest BCUT2D eigenvalue weighted by molar-refractivity contribution is 5.37. The van der Waals surface area contributed by atoms with Crippen molar-refractivity contribution in [1.29, 1.82) is 5.26 Å². The van der Waals surface area contributed by atoms with E-state index in [4.69, 9.17) is 5.26 Å². The zero-order valence-electron chi connectivity index (χ0n) is 8.49. The summed E-state index contributed by atoms with van der Waals surface area (Å²) in [4.78, 5) is 2.07. The largest absolute Gasteiger partial charge is 0.297 e. The van der Waals surface area contributed by atoms with E-state index >= 15 is 0 Å². The van der Waals surface area contributed by atoms with Gasteiger partial charge in [0.1, 0.15) is 6.17 Å². The van der Waals surface area contributed by atoms with Crippen molar-refractivity contribution in [2.75, 3.05) is 19.6 Å². The van der Waals surface area contributed by atoms with E-state index in [-0.39, 0.29) is 0 Å². The monoisotopic (exact) mass is 204 g/mol. The lowest BCUT2D eigenvalue weighted by atomic mass is 10.0. The SMILES string of the molecule is N#Cc1ccccc1CCN1CC(F)C1. The zero-order chi connectivity index (χ0) is 10.7. The molecule has 1 aromatic rings. The predicted molar refractivity (Wildman–Crippen MR) is 56.2 cm³/mol.